The number of nitrogens with one attached hydrogen (secondary N) is 1. The zero-order valence-corrected chi connectivity index (χ0v) is 17.9. The minimum Gasteiger partial charge on any atom is -0.381 e. The van der Waals surface area contributed by atoms with Gasteiger partial charge in [-0.1, -0.05) is 30.3 Å². The van der Waals surface area contributed by atoms with Gasteiger partial charge in [-0.3, -0.25) is 4.99 Å². The Morgan fingerprint density at radius 1 is 1.17 bits per heavy atom. The van der Waals surface area contributed by atoms with E-state index in [9.17, 15) is 0 Å². The van der Waals surface area contributed by atoms with Crippen molar-refractivity contribution in [3.8, 4) is 0 Å². The standard InChI is InChI=1S/C23H37N3O3/c1-2-24-23(25-11-6-13-27-18-22-10-14-28-19-22)26-12-9-21(15-26)17-29-16-20-7-4-3-5-8-20/h3-5,7-8,21-22H,2,6,9-19H2,1H3,(H,24,25). The normalized spacial score (nSPS) is 22.4. The molecule has 2 saturated heterocycles. The molecule has 3 rings (SSSR count). The van der Waals surface area contributed by atoms with Gasteiger partial charge in [0.25, 0.3) is 0 Å². The van der Waals surface area contributed by atoms with Crippen LogP contribution >= 0.6 is 0 Å². The Labute approximate surface area is 175 Å². The second kappa shape index (κ2) is 12.8. The van der Waals surface area contributed by atoms with E-state index >= 15 is 0 Å². The second-order valence-corrected chi connectivity index (χ2v) is 8.00. The third-order valence-electron chi connectivity index (χ3n) is 5.47. The number of ether oxygens (including phenoxy) is 3. The van der Waals surface area contributed by atoms with E-state index in [0.717, 1.165) is 84.4 Å². The van der Waals surface area contributed by atoms with Gasteiger partial charge in [-0.05, 0) is 31.7 Å². The first-order valence-electron chi connectivity index (χ1n) is 11.2. The van der Waals surface area contributed by atoms with Crippen LogP contribution in [0, 0.1) is 11.8 Å². The van der Waals surface area contributed by atoms with Crippen LogP contribution in [0.15, 0.2) is 35.3 Å². The van der Waals surface area contributed by atoms with Gasteiger partial charge in [0.1, 0.15) is 0 Å². The van der Waals surface area contributed by atoms with Crippen LogP contribution in [0.3, 0.4) is 0 Å². The predicted molar refractivity (Wildman–Crippen MR) is 116 cm³/mol. The fraction of sp³-hybridized carbons (Fsp3) is 0.696. The molecule has 0 amide bonds. The van der Waals surface area contributed by atoms with Crippen molar-refractivity contribution in [1.82, 2.24) is 10.2 Å². The van der Waals surface area contributed by atoms with Gasteiger partial charge in [-0.2, -0.15) is 0 Å². The van der Waals surface area contributed by atoms with Gasteiger partial charge in [0.15, 0.2) is 5.96 Å². The molecule has 0 saturated carbocycles. The molecule has 2 unspecified atom stereocenters. The zero-order valence-electron chi connectivity index (χ0n) is 17.9. The topological polar surface area (TPSA) is 55.3 Å². The van der Waals surface area contributed by atoms with Gasteiger partial charge in [0.05, 0.1) is 26.4 Å². The molecule has 1 N–H and O–H groups in total. The molecule has 1 aromatic rings. The van der Waals surface area contributed by atoms with Gasteiger partial charge >= 0.3 is 0 Å². The second-order valence-electron chi connectivity index (χ2n) is 8.00. The molecule has 2 heterocycles. The van der Waals surface area contributed by atoms with E-state index in [1.165, 1.54) is 5.56 Å². The first-order chi connectivity index (χ1) is 14.3. The molecule has 6 nitrogen and oxygen atoms in total. The van der Waals surface area contributed by atoms with Crippen molar-refractivity contribution in [2.45, 2.75) is 32.8 Å². The number of hydrogen-bond acceptors (Lipinski definition) is 4. The largest absolute Gasteiger partial charge is 0.381 e. The number of nitrogens with zero attached hydrogens (tertiary/aromatic N) is 2. The molecule has 0 radical (unpaired) electrons. The van der Waals surface area contributed by atoms with Gasteiger partial charge in [0, 0.05) is 51.2 Å². The summed E-state index contributed by atoms with van der Waals surface area (Å²) >= 11 is 0. The highest BCUT2D eigenvalue weighted by molar-refractivity contribution is 5.80. The van der Waals surface area contributed by atoms with Crippen molar-refractivity contribution in [3.05, 3.63) is 35.9 Å². The van der Waals surface area contributed by atoms with Crippen molar-refractivity contribution in [1.29, 1.82) is 0 Å². The third kappa shape index (κ3) is 7.96. The van der Waals surface area contributed by atoms with Gasteiger partial charge < -0.3 is 24.4 Å². The predicted octanol–water partition coefficient (Wildman–Crippen LogP) is 2.93. The van der Waals surface area contributed by atoms with Crippen molar-refractivity contribution in [2.75, 3.05) is 59.2 Å². The number of benzene rings is 1. The molecule has 29 heavy (non-hydrogen) atoms. The lowest BCUT2D eigenvalue weighted by Crippen LogP contribution is -2.40. The van der Waals surface area contributed by atoms with E-state index < -0.39 is 0 Å². The van der Waals surface area contributed by atoms with Crippen molar-refractivity contribution in [3.63, 3.8) is 0 Å². The Morgan fingerprint density at radius 2 is 2.03 bits per heavy atom. The molecule has 0 bridgehead atoms. The number of likely N-dealkylation sites (tertiary alicyclic amines) is 1. The third-order valence-corrected chi connectivity index (χ3v) is 5.47. The number of aliphatic imine (C=N–C) groups is 1. The van der Waals surface area contributed by atoms with Gasteiger partial charge in [0.2, 0.25) is 0 Å². The molecule has 162 valence electrons. The summed E-state index contributed by atoms with van der Waals surface area (Å²) in [5.41, 5.74) is 1.24. The highest BCUT2D eigenvalue weighted by atomic mass is 16.5. The molecule has 1 aromatic carbocycles. The first kappa shape index (κ1) is 22.1. The Morgan fingerprint density at radius 3 is 2.83 bits per heavy atom. The highest BCUT2D eigenvalue weighted by Gasteiger charge is 2.25. The summed E-state index contributed by atoms with van der Waals surface area (Å²) in [6.07, 6.45) is 3.25. The van der Waals surface area contributed by atoms with Crippen LogP contribution in [0.25, 0.3) is 0 Å². The lowest BCUT2D eigenvalue weighted by Gasteiger charge is -2.21. The molecule has 0 spiro atoms. The molecule has 0 aromatic heterocycles. The maximum atomic E-state index is 5.95. The van der Waals surface area contributed by atoms with Crippen LogP contribution in [0.1, 0.15) is 31.7 Å². The number of guanidine groups is 1. The van der Waals surface area contributed by atoms with E-state index in [2.05, 4.69) is 41.4 Å². The average molecular weight is 404 g/mol. The summed E-state index contributed by atoms with van der Waals surface area (Å²) in [6, 6.07) is 10.4. The Bertz CT molecular complexity index is 590. The molecule has 2 aliphatic rings. The quantitative estimate of drug-likeness (QED) is 0.350. The van der Waals surface area contributed by atoms with Gasteiger partial charge in [-0.25, -0.2) is 0 Å². The Kier molecular flexibility index (Phi) is 9.76. The minimum absolute atomic E-state index is 0.569. The SMILES string of the molecule is CCNC(=NCCCOCC1CCOC1)N1CCC(COCc2ccccc2)C1. The highest BCUT2D eigenvalue weighted by Crippen LogP contribution is 2.17. The van der Waals surface area contributed by atoms with Crippen LogP contribution in [0.5, 0.6) is 0 Å². The zero-order chi connectivity index (χ0) is 20.2. The molecular formula is C23H37N3O3. The van der Waals surface area contributed by atoms with Crippen LogP contribution in [0.2, 0.25) is 0 Å². The van der Waals surface area contributed by atoms with E-state index in [0.29, 0.717) is 18.4 Å². The fourth-order valence-electron chi connectivity index (χ4n) is 3.82. The van der Waals surface area contributed by atoms with E-state index in [-0.39, 0.29) is 0 Å². The van der Waals surface area contributed by atoms with E-state index in [1.54, 1.807) is 0 Å². The monoisotopic (exact) mass is 403 g/mol. The van der Waals surface area contributed by atoms with Gasteiger partial charge in [-0.15, -0.1) is 0 Å². The smallest absolute Gasteiger partial charge is 0.193 e. The first-order valence-corrected chi connectivity index (χ1v) is 11.2. The summed E-state index contributed by atoms with van der Waals surface area (Å²) in [7, 11) is 0. The maximum absolute atomic E-state index is 5.95. The lowest BCUT2D eigenvalue weighted by molar-refractivity contribution is 0.0892. The van der Waals surface area contributed by atoms with E-state index in [4.69, 9.17) is 19.2 Å². The van der Waals surface area contributed by atoms with Crippen LogP contribution in [0.4, 0.5) is 0 Å². The van der Waals surface area contributed by atoms with Crippen molar-refractivity contribution < 1.29 is 14.2 Å². The molecule has 6 heteroatoms. The Balaban J connectivity index is 1.32. The number of hydrogen-bond donors (Lipinski definition) is 1. The fourth-order valence-corrected chi connectivity index (χ4v) is 3.82. The molecule has 2 fully saturated rings. The lowest BCUT2D eigenvalue weighted by atomic mass is 10.1. The molecule has 0 aliphatic carbocycles. The van der Waals surface area contributed by atoms with E-state index in [1.807, 2.05) is 6.07 Å². The van der Waals surface area contributed by atoms with Crippen LogP contribution < -0.4 is 5.32 Å². The summed E-state index contributed by atoms with van der Waals surface area (Å²) < 4.78 is 17.1. The van der Waals surface area contributed by atoms with Crippen molar-refractivity contribution >= 4 is 5.96 Å². The molecule has 2 atom stereocenters. The molecule has 2 aliphatic heterocycles. The summed E-state index contributed by atoms with van der Waals surface area (Å²) in [5, 5.41) is 3.44. The Hall–Kier alpha value is -1.63. The van der Waals surface area contributed by atoms with Crippen LogP contribution in [-0.2, 0) is 20.8 Å². The maximum Gasteiger partial charge on any atom is 0.193 e. The summed E-state index contributed by atoms with van der Waals surface area (Å²) in [4.78, 5) is 7.18. The van der Waals surface area contributed by atoms with Crippen molar-refractivity contribution in [2.24, 2.45) is 16.8 Å². The molecular weight excluding hydrogens is 366 g/mol. The van der Waals surface area contributed by atoms with Crippen LogP contribution in [-0.4, -0.2) is 70.1 Å². The minimum atomic E-state index is 0.569. The summed E-state index contributed by atoms with van der Waals surface area (Å²) in [5.74, 6) is 2.18. The summed E-state index contributed by atoms with van der Waals surface area (Å²) in [6.45, 7) is 10.7. The average Bonchev–Trinajstić information content (AvgIpc) is 3.43. The number of rotatable bonds is 11.